The van der Waals surface area contributed by atoms with Crippen LogP contribution in [0.3, 0.4) is 0 Å². The summed E-state index contributed by atoms with van der Waals surface area (Å²) >= 11 is 0. The Morgan fingerprint density at radius 1 is 0.833 bits per heavy atom. The van der Waals surface area contributed by atoms with E-state index in [0.717, 1.165) is 54.9 Å². The summed E-state index contributed by atoms with van der Waals surface area (Å²) < 4.78 is 104. The second-order valence-corrected chi connectivity index (χ2v) is 9.93. The zero-order valence-corrected chi connectivity index (χ0v) is 19.0. The van der Waals surface area contributed by atoms with Crippen molar-refractivity contribution in [3.63, 3.8) is 0 Å². The first-order valence-electron chi connectivity index (χ1n) is 10.2. The van der Waals surface area contributed by atoms with Crippen molar-refractivity contribution in [2.75, 3.05) is 5.75 Å². The SMILES string of the molecule is CCS(=O)(=O)c1cc(-c2ccc(C(F)(F)F)cc2)cnc1-n1ncc2ccc(C(F)(F)F)cc2c1=O. The van der Waals surface area contributed by atoms with E-state index < -0.39 is 55.3 Å². The summed E-state index contributed by atoms with van der Waals surface area (Å²) in [5.74, 6) is -0.865. The van der Waals surface area contributed by atoms with E-state index in [4.69, 9.17) is 0 Å². The van der Waals surface area contributed by atoms with Gasteiger partial charge in [0, 0.05) is 17.1 Å². The lowest BCUT2D eigenvalue weighted by atomic mass is 10.1. The molecule has 0 aliphatic rings. The monoisotopic (exact) mass is 527 g/mol. The normalized spacial score (nSPS) is 12.8. The minimum absolute atomic E-state index is 0.102. The average Bonchev–Trinajstić information content (AvgIpc) is 2.83. The van der Waals surface area contributed by atoms with Gasteiger partial charge in [-0.15, -0.1) is 0 Å². The highest BCUT2D eigenvalue weighted by atomic mass is 32.2. The van der Waals surface area contributed by atoms with E-state index in [1.807, 2.05) is 0 Å². The summed E-state index contributed by atoms with van der Waals surface area (Å²) in [4.78, 5) is 16.6. The van der Waals surface area contributed by atoms with Gasteiger partial charge in [0.1, 0.15) is 4.90 Å². The van der Waals surface area contributed by atoms with E-state index in [1.54, 1.807) is 0 Å². The maximum atomic E-state index is 13.2. The molecule has 0 aliphatic heterocycles. The van der Waals surface area contributed by atoms with Crippen LogP contribution in [0.4, 0.5) is 26.3 Å². The second-order valence-electron chi connectivity index (χ2n) is 7.69. The first-order valence-corrected chi connectivity index (χ1v) is 11.9. The lowest BCUT2D eigenvalue weighted by Crippen LogP contribution is -2.25. The van der Waals surface area contributed by atoms with Crippen molar-refractivity contribution in [3.05, 3.63) is 82.4 Å². The maximum Gasteiger partial charge on any atom is 0.416 e. The molecule has 36 heavy (non-hydrogen) atoms. The van der Waals surface area contributed by atoms with Crippen molar-refractivity contribution >= 4 is 20.6 Å². The molecule has 0 atom stereocenters. The third-order valence-electron chi connectivity index (χ3n) is 5.41. The van der Waals surface area contributed by atoms with Crippen LogP contribution in [0.25, 0.3) is 27.7 Å². The highest BCUT2D eigenvalue weighted by Gasteiger charge is 2.32. The Morgan fingerprint density at radius 3 is 2.03 bits per heavy atom. The number of nitrogens with zero attached hydrogens (tertiary/aromatic N) is 3. The molecule has 0 amide bonds. The van der Waals surface area contributed by atoms with Crippen LogP contribution >= 0.6 is 0 Å². The first kappa shape index (κ1) is 25.4. The van der Waals surface area contributed by atoms with E-state index >= 15 is 0 Å². The number of pyridine rings is 1. The minimum Gasteiger partial charge on any atom is -0.267 e. The Labute approximate surface area is 199 Å². The van der Waals surface area contributed by atoms with Crippen molar-refractivity contribution in [3.8, 4) is 16.9 Å². The summed E-state index contributed by atoms with van der Waals surface area (Å²) in [5, 5.41) is 3.64. The first-order chi connectivity index (χ1) is 16.7. The zero-order valence-electron chi connectivity index (χ0n) is 18.2. The predicted octanol–water partition coefficient (Wildman–Crippen LogP) is 5.28. The molecule has 0 unspecified atom stereocenters. The molecule has 0 spiro atoms. The van der Waals surface area contributed by atoms with Crippen molar-refractivity contribution in [2.24, 2.45) is 0 Å². The highest BCUT2D eigenvalue weighted by molar-refractivity contribution is 7.91. The van der Waals surface area contributed by atoms with E-state index in [0.29, 0.717) is 10.7 Å². The van der Waals surface area contributed by atoms with Gasteiger partial charge in [-0.25, -0.2) is 13.4 Å². The maximum absolute atomic E-state index is 13.2. The molecule has 4 rings (SSSR count). The number of fused-ring (bicyclic) bond motifs is 1. The Kier molecular flexibility index (Phi) is 6.15. The molecule has 2 aromatic heterocycles. The summed E-state index contributed by atoms with van der Waals surface area (Å²) in [6.45, 7) is 1.33. The summed E-state index contributed by atoms with van der Waals surface area (Å²) in [6, 6.07) is 7.56. The molecular weight excluding hydrogens is 512 g/mol. The number of benzene rings is 2. The van der Waals surface area contributed by atoms with Gasteiger partial charge in [0.05, 0.1) is 28.5 Å². The number of alkyl halides is 6. The minimum atomic E-state index is -4.72. The Balaban J connectivity index is 1.91. The zero-order chi connectivity index (χ0) is 26.5. The number of aromatic nitrogens is 3. The van der Waals surface area contributed by atoms with Gasteiger partial charge in [-0.05, 0) is 35.9 Å². The molecule has 4 aromatic rings. The van der Waals surface area contributed by atoms with E-state index in [2.05, 4.69) is 10.1 Å². The fourth-order valence-corrected chi connectivity index (χ4v) is 4.49. The fourth-order valence-electron chi connectivity index (χ4n) is 3.46. The molecule has 0 saturated heterocycles. The van der Waals surface area contributed by atoms with E-state index in [-0.39, 0.29) is 21.9 Å². The quantitative estimate of drug-likeness (QED) is 0.338. The van der Waals surface area contributed by atoms with Gasteiger partial charge in [0.25, 0.3) is 5.56 Å². The smallest absolute Gasteiger partial charge is 0.267 e. The highest BCUT2D eigenvalue weighted by Crippen LogP contribution is 2.33. The van der Waals surface area contributed by atoms with Gasteiger partial charge < -0.3 is 0 Å². The molecule has 0 aliphatic carbocycles. The molecule has 0 radical (unpaired) electrons. The Morgan fingerprint density at radius 2 is 1.44 bits per heavy atom. The second kappa shape index (κ2) is 8.73. The Hall–Kier alpha value is -3.74. The molecule has 188 valence electrons. The molecule has 2 heterocycles. The van der Waals surface area contributed by atoms with Crippen molar-refractivity contribution in [2.45, 2.75) is 24.2 Å². The lowest BCUT2D eigenvalue weighted by molar-refractivity contribution is -0.138. The third-order valence-corrected chi connectivity index (χ3v) is 7.14. The fraction of sp³-hybridized carbons (Fsp3) is 0.174. The molecular formula is C23H15F6N3O3S. The van der Waals surface area contributed by atoms with Crippen molar-refractivity contribution in [1.82, 2.24) is 14.8 Å². The van der Waals surface area contributed by atoms with Crippen LogP contribution in [-0.4, -0.2) is 28.9 Å². The average molecular weight is 527 g/mol. The van der Waals surface area contributed by atoms with Gasteiger partial charge in [0.2, 0.25) is 0 Å². The van der Waals surface area contributed by atoms with Gasteiger partial charge in [-0.3, -0.25) is 4.79 Å². The third kappa shape index (κ3) is 4.70. The molecule has 0 N–H and O–H groups in total. The summed E-state index contributed by atoms with van der Waals surface area (Å²) in [6.07, 6.45) is -7.04. The number of hydrogen-bond acceptors (Lipinski definition) is 5. The number of sulfone groups is 1. The van der Waals surface area contributed by atoms with Crippen LogP contribution in [0.2, 0.25) is 0 Å². The van der Waals surface area contributed by atoms with Crippen LogP contribution < -0.4 is 5.56 Å². The van der Waals surface area contributed by atoms with Gasteiger partial charge in [-0.1, -0.05) is 25.1 Å². The summed E-state index contributed by atoms with van der Waals surface area (Å²) in [5.41, 5.74) is -2.63. The van der Waals surface area contributed by atoms with Crippen LogP contribution in [0.1, 0.15) is 18.1 Å². The lowest BCUT2D eigenvalue weighted by Gasteiger charge is -2.13. The Bertz CT molecular complexity index is 1630. The number of rotatable bonds is 4. The summed E-state index contributed by atoms with van der Waals surface area (Å²) in [7, 11) is -4.06. The molecule has 13 heteroatoms. The van der Waals surface area contributed by atoms with Gasteiger partial charge in [0.15, 0.2) is 15.7 Å². The van der Waals surface area contributed by atoms with E-state index in [1.165, 1.54) is 6.92 Å². The standard InChI is InChI=1S/C23H15F6N3O3S/c1-2-36(34,35)19-9-15(13-3-6-16(7-4-13)22(24,25)26)11-30-20(19)32-21(33)18-10-17(23(27,28)29)8-5-14(18)12-31-32/h3-12H,2H2,1H3. The van der Waals surface area contributed by atoms with Crippen LogP contribution in [-0.2, 0) is 22.2 Å². The number of halogens is 6. The number of hydrogen-bond donors (Lipinski definition) is 0. The topological polar surface area (TPSA) is 81.9 Å². The molecule has 6 nitrogen and oxygen atoms in total. The molecule has 0 saturated carbocycles. The van der Waals surface area contributed by atoms with Crippen LogP contribution in [0, 0.1) is 0 Å². The van der Waals surface area contributed by atoms with Crippen LogP contribution in [0.15, 0.2) is 70.6 Å². The van der Waals surface area contributed by atoms with E-state index in [9.17, 15) is 39.6 Å². The predicted molar refractivity (Wildman–Crippen MR) is 118 cm³/mol. The molecule has 0 bridgehead atoms. The van der Waals surface area contributed by atoms with Crippen molar-refractivity contribution in [1.29, 1.82) is 0 Å². The molecule has 2 aromatic carbocycles. The molecule has 0 fully saturated rings. The largest absolute Gasteiger partial charge is 0.416 e. The van der Waals surface area contributed by atoms with Gasteiger partial charge in [-0.2, -0.15) is 36.1 Å². The van der Waals surface area contributed by atoms with Crippen LogP contribution in [0.5, 0.6) is 0 Å². The van der Waals surface area contributed by atoms with Gasteiger partial charge >= 0.3 is 12.4 Å². The van der Waals surface area contributed by atoms with Crippen molar-refractivity contribution < 1.29 is 34.8 Å².